The van der Waals surface area contributed by atoms with Crippen molar-refractivity contribution in [1.29, 1.82) is 0 Å². The first-order chi connectivity index (χ1) is 8.97. The first-order valence-corrected chi connectivity index (χ1v) is 7.53. The molecular formula is C17H21NS. The third-order valence-electron chi connectivity index (χ3n) is 2.80. The van der Waals surface area contributed by atoms with Gasteiger partial charge in [0.05, 0.1) is 0 Å². The van der Waals surface area contributed by atoms with Crippen molar-refractivity contribution in [2.45, 2.75) is 25.7 Å². The average molecular weight is 271 g/mol. The molecule has 2 rings (SSSR count). The maximum Gasteiger partial charge on any atom is 0.0394 e. The molecule has 0 amide bonds. The fourth-order valence-corrected chi connectivity index (χ4v) is 2.95. The van der Waals surface area contributed by atoms with E-state index < -0.39 is 0 Å². The van der Waals surface area contributed by atoms with E-state index in [1.165, 1.54) is 10.5 Å². The van der Waals surface area contributed by atoms with E-state index in [0.29, 0.717) is 5.41 Å². The monoisotopic (exact) mass is 271 g/mol. The number of benzene rings is 2. The van der Waals surface area contributed by atoms with E-state index in [-0.39, 0.29) is 0 Å². The largest absolute Gasteiger partial charge is 0.398 e. The van der Waals surface area contributed by atoms with Crippen molar-refractivity contribution < 1.29 is 0 Å². The molecule has 0 aliphatic rings. The predicted octanol–water partition coefficient (Wildman–Crippen LogP) is 5.07. The molecule has 0 spiro atoms. The summed E-state index contributed by atoms with van der Waals surface area (Å²) in [5.41, 5.74) is 9.61. The molecule has 100 valence electrons. The van der Waals surface area contributed by atoms with Crippen molar-refractivity contribution in [3.05, 3.63) is 48.5 Å². The van der Waals surface area contributed by atoms with Crippen LogP contribution < -0.4 is 5.73 Å². The van der Waals surface area contributed by atoms with Crippen LogP contribution in [0.2, 0.25) is 0 Å². The number of thioether (sulfide) groups is 1. The molecule has 2 aromatic carbocycles. The molecule has 0 atom stereocenters. The van der Waals surface area contributed by atoms with Crippen molar-refractivity contribution in [2.75, 3.05) is 11.5 Å². The molecule has 0 bridgehead atoms. The lowest BCUT2D eigenvalue weighted by atomic mass is 10.0. The van der Waals surface area contributed by atoms with Crippen LogP contribution in [0.5, 0.6) is 0 Å². The van der Waals surface area contributed by atoms with Gasteiger partial charge in [-0.25, -0.2) is 0 Å². The second-order valence-corrected chi connectivity index (χ2v) is 6.95. The van der Waals surface area contributed by atoms with Gasteiger partial charge in [0.2, 0.25) is 0 Å². The van der Waals surface area contributed by atoms with Gasteiger partial charge in [-0.3, -0.25) is 0 Å². The van der Waals surface area contributed by atoms with Crippen LogP contribution in [0, 0.1) is 5.41 Å². The van der Waals surface area contributed by atoms with Crippen molar-refractivity contribution in [2.24, 2.45) is 5.41 Å². The summed E-state index contributed by atoms with van der Waals surface area (Å²) in [6.45, 7) is 6.79. The van der Waals surface area contributed by atoms with Gasteiger partial charge in [-0.15, -0.1) is 11.8 Å². The minimum absolute atomic E-state index is 0.319. The Morgan fingerprint density at radius 3 is 2.11 bits per heavy atom. The second-order valence-electron chi connectivity index (χ2n) is 5.93. The van der Waals surface area contributed by atoms with Crippen molar-refractivity contribution in [3.8, 4) is 11.1 Å². The lowest BCUT2D eigenvalue weighted by Crippen LogP contribution is -2.08. The number of rotatable bonds is 3. The van der Waals surface area contributed by atoms with Crippen LogP contribution >= 0.6 is 11.8 Å². The quantitative estimate of drug-likeness (QED) is 0.622. The highest BCUT2D eigenvalue weighted by Gasteiger charge is 2.13. The number of nitrogen functional groups attached to an aromatic ring is 1. The molecule has 1 nitrogen and oxygen atoms in total. The van der Waals surface area contributed by atoms with Gasteiger partial charge >= 0.3 is 0 Å². The molecule has 0 aromatic heterocycles. The Bertz CT molecular complexity index is 555. The van der Waals surface area contributed by atoms with Crippen LogP contribution in [0.1, 0.15) is 20.8 Å². The molecule has 0 aliphatic heterocycles. The Labute approximate surface area is 120 Å². The zero-order chi connectivity index (χ0) is 13.9. The summed E-state index contributed by atoms with van der Waals surface area (Å²) in [4.78, 5) is 1.30. The Hall–Kier alpha value is -1.41. The maximum atomic E-state index is 6.09. The van der Waals surface area contributed by atoms with Gasteiger partial charge in [0.15, 0.2) is 0 Å². The van der Waals surface area contributed by atoms with Gasteiger partial charge in [0.1, 0.15) is 0 Å². The smallest absolute Gasteiger partial charge is 0.0394 e. The summed E-state index contributed by atoms with van der Waals surface area (Å²) < 4.78 is 0. The summed E-state index contributed by atoms with van der Waals surface area (Å²) >= 11 is 1.90. The van der Waals surface area contributed by atoms with Crippen LogP contribution in [0.3, 0.4) is 0 Å². The number of hydrogen-bond acceptors (Lipinski definition) is 2. The fraction of sp³-hybridized carbons (Fsp3) is 0.294. The topological polar surface area (TPSA) is 26.0 Å². The van der Waals surface area contributed by atoms with E-state index in [4.69, 9.17) is 5.73 Å². The maximum absolute atomic E-state index is 6.09. The number of para-hydroxylation sites is 1. The lowest BCUT2D eigenvalue weighted by Gasteiger charge is -2.19. The van der Waals surface area contributed by atoms with E-state index >= 15 is 0 Å². The second kappa shape index (κ2) is 5.70. The Kier molecular flexibility index (Phi) is 4.20. The first kappa shape index (κ1) is 14.0. The zero-order valence-corrected chi connectivity index (χ0v) is 12.6. The molecule has 2 aromatic rings. The minimum atomic E-state index is 0.319. The Morgan fingerprint density at radius 2 is 1.47 bits per heavy atom. The summed E-state index contributed by atoms with van der Waals surface area (Å²) in [5, 5.41) is 0. The van der Waals surface area contributed by atoms with Crippen LogP contribution in [0.25, 0.3) is 11.1 Å². The van der Waals surface area contributed by atoms with E-state index in [0.717, 1.165) is 17.0 Å². The molecule has 0 saturated heterocycles. The Morgan fingerprint density at radius 1 is 0.895 bits per heavy atom. The van der Waals surface area contributed by atoms with Gasteiger partial charge in [-0.1, -0.05) is 57.2 Å². The van der Waals surface area contributed by atoms with Crippen molar-refractivity contribution in [1.82, 2.24) is 0 Å². The van der Waals surface area contributed by atoms with Gasteiger partial charge in [-0.05, 0) is 23.1 Å². The van der Waals surface area contributed by atoms with E-state index in [2.05, 4.69) is 51.1 Å². The summed E-state index contributed by atoms with van der Waals surface area (Å²) in [5.74, 6) is 1.09. The number of nitrogens with two attached hydrogens (primary N) is 1. The summed E-state index contributed by atoms with van der Waals surface area (Å²) in [6, 6.07) is 16.6. The third-order valence-corrected chi connectivity index (χ3v) is 4.48. The minimum Gasteiger partial charge on any atom is -0.398 e. The molecular weight excluding hydrogens is 250 g/mol. The molecule has 0 radical (unpaired) electrons. The molecule has 19 heavy (non-hydrogen) atoms. The zero-order valence-electron chi connectivity index (χ0n) is 11.8. The van der Waals surface area contributed by atoms with E-state index in [1.807, 2.05) is 30.0 Å². The lowest BCUT2D eigenvalue weighted by molar-refractivity contribution is 0.481. The van der Waals surface area contributed by atoms with E-state index in [9.17, 15) is 0 Å². The first-order valence-electron chi connectivity index (χ1n) is 6.54. The third kappa shape index (κ3) is 3.77. The molecule has 2 N–H and O–H groups in total. The highest BCUT2D eigenvalue weighted by molar-refractivity contribution is 7.99. The van der Waals surface area contributed by atoms with Crippen molar-refractivity contribution >= 4 is 17.4 Å². The summed E-state index contributed by atoms with van der Waals surface area (Å²) in [6.07, 6.45) is 0. The normalized spacial score (nSPS) is 11.5. The number of hydrogen-bond donors (Lipinski definition) is 1. The van der Waals surface area contributed by atoms with Gasteiger partial charge in [0.25, 0.3) is 0 Å². The van der Waals surface area contributed by atoms with Crippen molar-refractivity contribution in [3.63, 3.8) is 0 Å². The Balaban J connectivity index is 2.34. The molecule has 0 aliphatic carbocycles. The van der Waals surface area contributed by atoms with Gasteiger partial charge in [0, 0.05) is 21.9 Å². The van der Waals surface area contributed by atoms with Crippen LogP contribution in [0.15, 0.2) is 53.4 Å². The fourth-order valence-electron chi connectivity index (χ4n) is 1.85. The predicted molar refractivity (Wildman–Crippen MR) is 86.5 cm³/mol. The summed E-state index contributed by atoms with van der Waals surface area (Å²) in [7, 11) is 0. The highest BCUT2D eigenvalue weighted by atomic mass is 32.2. The molecule has 0 unspecified atom stereocenters. The average Bonchev–Trinajstić information content (AvgIpc) is 2.37. The van der Waals surface area contributed by atoms with Crippen LogP contribution in [-0.4, -0.2) is 5.75 Å². The molecule has 2 heteroatoms. The van der Waals surface area contributed by atoms with E-state index in [1.54, 1.807) is 0 Å². The SMILES string of the molecule is CC(C)(C)CSc1ccccc1-c1ccccc1N. The highest BCUT2D eigenvalue weighted by Crippen LogP contribution is 2.36. The molecule has 0 saturated carbocycles. The molecule has 0 heterocycles. The van der Waals surface area contributed by atoms with Crippen LogP contribution in [0.4, 0.5) is 5.69 Å². The molecule has 0 fully saturated rings. The number of anilines is 1. The van der Waals surface area contributed by atoms with Gasteiger partial charge in [-0.2, -0.15) is 0 Å². The van der Waals surface area contributed by atoms with Crippen LogP contribution in [-0.2, 0) is 0 Å². The standard InChI is InChI=1S/C17H21NS/c1-17(2,3)12-19-16-11-7-5-9-14(16)13-8-4-6-10-15(13)18/h4-11H,12,18H2,1-3H3. The van der Waals surface area contributed by atoms with Gasteiger partial charge < -0.3 is 5.73 Å².